The van der Waals surface area contributed by atoms with Crippen molar-refractivity contribution < 1.29 is 24.2 Å². The molecule has 0 spiro atoms. The van der Waals surface area contributed by atoms with Crippen molar-refractivity contribution in [3.63, 3.8) is 0 Å². The number of aryl methyl sites for hydroxylation is 1. The van der Waals surface area contributed by atoms with Crippen LogP contribution in [0, 0.1) is 11.8 Å². The summed E-state index contributed by atoms with van der Waals surface area (Å²) >= 11 is 0. The summed E-state index contributed by atoms with van der Waals surface area (Å²) in [5, 5.41) is 18.9. The minimum absolute atomic E-state index is 0.0621. The quantitative estimate of drug-likeness (QED) is 0.662. The van der Waals surface area contributed by atoms with Crippen LogP contribution in [-0.4, -0.2) is 92.3 Å². The lowest BCUT2D eigenvalue weighted by Crippen LogP contribution is -2.44. The lowest BCUT2D eigenvalue weighted by atomic mass is 9.82. The number of rotatable bonds is 3. The Balaban J connectivity index is 0.000000687. The van der Waals surface area contributed by atoms with Gasteiger partial charge in [-0.1, -0.05) is 6.42 Å². The molecule has 30 heavy (non-hydrogen) atoms. The number of carboxylic acid groups (broad SMARTS) is 1. The molecule has 4 aliphatic heterocycles. The minimum Gasteiger partial charge on any atom is -0.483 e. The van der Waals surface area contributed by atoms with Crippen molar-refractivity contribution in [2.45, 2.75) is 56.7 Å². The molecule has 11 nitrogen and oxygen atoms in total. The smallest absolute Gasteiger partial charge is 0.290 e. The molecule has 1 aromatic rings. The van der Waals surface area contributed by atoms with Crippen LogP contribution in [0.4, 0.5) is 0 Å². The van der Waals surface area contributed by atoms with Gasteiger partial charge in [0.15, 0.2) is 5.82 Å². The summed E-state index contributed by atoms with van der Waals surface area (Å²) in [6.45, 7) is 2.18. The summed E-state index contributed by atoms with van der Waals surface area (Å²) in [4.78, 5) is 38.2. The molecular formula is C19H28N6O5. The Labute approximate surface area is 174 Å². The molecule has 0 aromatic carbocycles. The SMILES string of the molecule is COCC(=O)N1C[C@@H]2[C@H](C1)[C@@H]1CC[C@H]2N1C(=O)C1CCCCn2nnnc21.O=CO. The lowest BCUT2D eigenvalue weighted by molar-refractivity contribution is -0.136. The third-order valence-corrected chi connectivity index (χ3v) is 7.03. The maximum Gasteiger partial charge on any atom is 0.290 e. The highest BCUT2D eigenvalue weighted by atomic mass is 16.5. The average molecular weight is 420 g/mol. The molecule has 3 saturated heterocycles. The van der Waals surface area contributed by atoms with Crippen molar-refractivity contribution in [2.24, 2.45) is 11.8 Å². The van der Waals surface area contributed by atoms with E-state index in [9.17, 15) is 9.59 Å². The van der Waals surface area contributed by atoms with Gasteiger partial charge in [-0.15, -0.1) is 5.10 Å². The van der Waals surface area contributed by atoms with Crippen LogP contribution in [0.3, 0.4) is 0 Å². The number of tetrazole rings is 1. The van der Waals surface area contributed by atoms with E-state index in [0.29, 0.717) is 11.8 Å². The average Bonchev–Trinajstić information content (AvgIpc) is 3.48. The first kappa shape index (κ1) is 20.7. The Kier molecular flexibility index (Phi) is 5.98. The number of hydrogen-bond acceptors (Lipinski definition) is 7. The molecule has 5 heterocycles. The summed E-state index contributed by atoms with van der Waals surface area (Å²) < 4.78 is 6.81. The number of carbonyl (C=O) groups is 3. The fourth-order valence-electron chi connectivity index (χ4n) is 5.89. The molecule has 11 heteroatoms. The first-order valence-corrected chi connectivity index (χ1v) is 10.5. The van der Waals surface area contributed by atoms with Crippen LogP contribution in [-0.2, 0) is 25.7 Å². The van der Waals surface area contributed by atoms with Crippen LogP contribution < -0.4 is 0 Å². The molecular weight excluding hydrogens is 392 g/mol. The van der Waals surface area contributed by atoms with Gasteiger partial charge in [0.2, 0.25) is 11.8 Å². The van der Waals surface area contributed by atoms with Crippen LogP contribution in [0.2, 0.25) is 0 Å². The molecule has 4 aliphatic rings. The molecule has 1 N–H and O–H groups in total. The van der Waals surface area contributed by atoms with E-state index in [0.717, 1.165) is 57.6 Å². The number of amides is 2. The fourth-order valence-corrected chi connectivity index (χ4v) is 5.89. The second-order valence-electron chi connectivity index (χ2n) is 8.43. The van der Waals surface area contributed by atoms with Gasteiger partial charge in [0.1, 0.15) is 6.61 Å². The van der Waals surface area contributed by atoms with Crippen LogP contribution in [0.25, 0.3) is 0 Å². The number of hydrogen-bond donors (Lipinski definition) is 1. The Morgan fingerprint density at radius 2 is 1.83 bits per heavy atom. The van der Waals surface area contributed by atoms with Crippen molar-refractivity contribution in [3.05, 3.63) is 5.82 Å². The predicted octanol–water partition coefficient (Wildman–Crippen LogP) is -0.264. The topological polar surface area (TPSA) is 131 Å². The molecule has 164 valence electrons. The lowest BCUT2D eigenvalue weighted by Gasteiger charge is -2.29. The first-order valence-electron chi connectivity index (χ1n) is 10.5. The standard InChI is InChI=1S/C18H26N6O3.CH2O2/c1-27-10-16(25)22-8-12-13(9-22)15-6-5-14(12)24(15)18(26)11-4-2-3-7-23-17(11)19-20-21-23;2-1-3/h11-15H,2-10H2,1H3;1H,(H,2,3)/t11?,12-,13+,14-,15+;. The summed E-state index contributed by atoms with van der Waals surface area (Å²) in [5.41, 5.74) is 0. The van der Waals surface area contributed by atoms with E-state index in [1.807, 2.05) is 4.90 Å². The number of fused-ring (bicyclic) bond motifs is 6. The second kappa shape index (κ2) is 8.66. The molecule has 0 saturated carbocycles. The zero-order valence-electron chi connectivity index (χ0n) is 17.1. The summed E-state index contributed by atoms with van der Waals surface area (Å²) in [7, 11) is 1.55. The van der Waals surface area contributed by atoms with E-state index in [1.54, 1.807) is 11.8 Å². The Morgan fingerprint density at radius 1 is 1.17 bits per heavy atom. The van der Waals surface area contributed by atoms with Crippen molar-refractivity contribution >= 4 is 18.3 Å². The second-order valence-corrected chi connectivity index (χ2v) is 8.43. The van der Waals surface area contributed by atoms with E-state index < -0.39 is 0 Å². The molecule has 0 aliphatic carbocycles. The van der Waals surface area contributed by atoms with Gasteiger partial charge < -0.3 is 19.6 Å². The number of aromatic nitrogens is 4. The maximum absolute atomic E-state index is 13.5. The molecule has 5 atom stereocenters. The van der Waals surface area contributed by atoms with E-state index in [4.69, 9.17) is 14.6 Å². The fraction of sp³-hybridized carbons (Fsp3) is 0.789. The van der Waals surface area contributed by atoms with Gasteiger partial charge in [0.05, 0.1) is 5.92 Å². The molecule has 3 fully saturated rings. The normalized spacial score (nSPS) is 31.4. The number of carbonyl (C=O) groups excluding carboxylic acids is 2. The van der Waals surface area contributed by atoms with Crippen LogP contribution in [0.1, 0.15) is 43.8 Å². The Hall–Kier alpha value is -2.56. The van der Waals surface area contributed by atoms with Crippen LogP contribution in [0.15, 0.2) is 0 Å². The predicted molar refractivity (Wildman–Crippen MR) is 102 cm³/mol. The molecule has 2 amide bonds. The molecule has 0 radical (unpaired) electrons. The van der Waals surface area contributed by atoms with Gasteiger partial charge in [0.25, 0.3) is 6.47 Å². The van der Waals surface area contributed by atoms with Gasteiger partial charge in [-0.3, -0.25) is 14.4 Å². The van der Waals surface area contributed by atoms with Gasteiger partial charge in [0, 0.05) is 50.7 Å². The molecule has 5 rings (SSSR count). The highest BCUT2D eigenvalue weighted by molar-refractivity contribution is 5.84. The largest absolute Gasteiger partial charge is 0.483 e. The third kappa shape index (κ3) is 3.44. The Bertz CT molecular complexity index is 780. The van der Waals surface area contributed by atoms with E-state index in [1.165, 1.54) is 0 Å². The van der Waals surface area contributed by atoms with Crippen LogP contribution >= 0.6 is 0 Å². The van der Waals surface area contributed by atoms with E-state index >= 15 is 0 Å². The van der Waals surface area contributed by atoms with Crippen molar-refractivity contribution in [1.82, 2.24) is 30.0 Å². The van der Waals surface area contributed by atoms with E-state index in [-0.39, 0.29) is 42.9 Å². The number of methoxy groups -OCH3 is 1. The van der Waals surface area contributed by atoms with E-state index in [2.05, 4.69) is 20.4 Å². The highest BCUT2D eigenvalue weighted by Crippen LogP contribution is 2.50. The summed E-state index contributed by atoms with van der Waals surface area (Å²) in [6, 6.07) is 0.501. The zero-order chi connectivity index (χ0) is 21.3. The van der Waals surface area contributed by atoms with Crippen molar-refractivity contribution in [1.29, 1.82) is 0 Å². The van der Waals surface area contributed by atoms with Gasteiger partial charge in [-0.25, -0.2) is 4.68 Å². The number of ether oxygens (including phenoxy) is 1. The maximum atomic E-state index is 13.5. The number of likely N-dealkylation sites (tertiary alicyclic amines) is 1. The molecule has 2 bridgehead atoms. The van der Waals surface area contributed by atoms with Crippen molar-refractivity contribution in [2.75, 3.05) is 26.8 Å². The highest BCUT2D eigenvalue weighted by Gasteiger charge is 2.59. The summed E-state index contributed by atoms with van der Waals surface area (Å²) in [5.74, 6) is 1.56. The minimum atomic E-state index is -0.250. The first-order chi connectivity index (χ1) is 14.6. The molecule has 1 aromatic heterocycles. The van der Waals surface area contributed by atoms with Gasteiger partial charge in [-0.05, 0) is 36.1 Å². The Morgan fingerprint density at radius 3 is 2.47 bits per heavy atom. The van der Waals surface area contributed by atoms with Crippen molar-refractivity contribution in [3.8, 4) is 0 Å². The number of nitrogens with zero attached hydrogens (tertiary/aromatic N) is 6. The third-order valence-electron chi connectivity index (χ3n) is 7.03. The van der Waals surface area contributed by atoms with Crippen LogP contribution in [0.5, 0.6) is 0 Å². The monoisotopic (exact) mass is 420 g/mol. The van der Waals surface area contributed by atoms with Gasteiger partial charge in [-0.2, -0.15) is 0 Å². The zero-order valence-corrected chi connectivity index (χ0v) is 17.1. The van der Waals surface area contributed by atoms with Gasteiger partial charge >= 0.3 is 0 Å². The molecule has 1 unspecified atom stereocenters. The summed E-state index contributed by atoms with van der Waals surface area (Å²) in [6.07, 6.45) is 4.93.